The number of halogens is 2. The van der Waals surface area contributed by atoms with Crippen LogP contribution in [0.4, 0.5) is 5.13 Å². The largest absolute Gasteiger partial charge is 0.300 e. The normalized spacial score (nSPS) is 10.8. The van der Waals surface area contributed by atoms with Crippen molar-refractivity contribution in [1.29, 1.82) is 0 Å². The highest BCUT2D eigenvalue weighted by Gasteiger charge is 2.14. The number of aryl methyl sites for hydroxylation is 1. The molecule has 1 N–H and O–H groups in total. The second kappa shape index (κ2) is 6.93. The van der Waals surface area contributed by atoms with E-state index in [0.29, 0.717) is 20.9 Å². The highest BCUT2D eigenvalue weighted by molar-refractivity contribution is 7.14. The molecule has 3 aromatic rings. The van der Waals surface area contributed by atoms with E-state index in [1.165, 1.54) is 11.3 Å². The minimum absolute atomic E-state index is 0.0837. The molecule has 2 aromatic heterocycles. The van der Waals surface area contributed by atoms with Gasteiger partial charge in [0.05, 0.1) is 22.1 Å². The van der Waals surface area contributed by atoms with Gasteiger partial charge in [0.1, 0.15) is 6.54 Å². The van der Waals surface area contributed by atoms with Crippen molar-refractivity contribution in [3.05, 3.63) is 51.1 Å². The molecule has 2 heterocycles. The zero-order valence-corrected chi connectivity index (χ0v) is 15.3. The van der Waals surface area contributed by atoms with Gasteiger partial charge >= 0.3 is 0 Å². The minimum Gasteiger partial charge on any atom is -0.300 e. The van der Waals surface area contributed by atoms with Crippen molar-refractivity contribution < 1.29 is 4.79 Å². The summed E-state index contributed by atoms with van der Waals surface area (Å²) >= 11 is 13.6. The number of amides is 1. The number of hydrogen-bond donors (Lipinski definition) is 1. The lowest BCUT2D eigenvalue weighted by Crippen LogP contribution is -2.20. The zero-order valence-electron chi connectivity index (χ0n) is 13.0. The molecular formula is C16H14Cl2N4OS. The minimum atomic E-state index is -0.211. The van der Waals surface area contributed by atoms with E-state index >= 15 is 0 Å². The monoisotopic (exact) mass is 380 g/mol. The fraction of sp³-hybridized carbons (Fsp3) is 0.188. The van der Waals surface area contributed by atoms with E-state index in [1.54, 1.807) is 17.7 Å². The summed E-state index contributed by atoms with van der Waals surface area (Å²) in [6, 6.07) is 7.45. The number of nitrogens with zero attached hydrogens (tertiary/aromatic N) is 3. The van der Waals surface area contributed by atoms with E-state index in [1.807, 2.05) is 30.5 Å². The molecule has 0 atom stereocenters. The first kappa shape index (κ1) is 17.0. The number of nitrogens with one attached hydrogen (secondary N) is 1. The third kappa shape index (κ3) is 3.45. The fourth-order valence-electron chi connectivity index (χ4n) is 2.25. The number of aromatic nitrogens is 3. The molecule has 24 heavy (non-hydrogen) atoms. The Balaban J connectivity index is 1.72. The Morgan fingerprint density at radius 3 is 2.71 bits per heavy atom. The van der Waals surface area contributed by atoms with Crippen molar-refractivity contribution in [3.8, 4) is 11.3 Å². The molecule has 0 aliphatic carbocycles. The maximum absolute atomic E-state index is 12.2. The summed E-state index contributed by atoms with van der Waals surface area (Å²) < 4.78 is 1.58. The van der Waals surface area contributed by atoms with Crippen LogP contribution >= 0.6 is 34.5 Å². The van der Waals surface area contributed by atoms with Gasteiger partial charge in [-0.2, -0.15) is 5.10 Å². The smallest absolute Gasteiger partial charge is 0.247 e. The van der Waals surface area contributed by atoms with Gasteiger partial charge in [0, 0.05) is 16.0 Å². The average molecular weight is 381 g/mol. The SMILES string of the molecule is Cc1nn(CC(=O)Nc2nc(-c3ccccc3Cl)cs2)c(C)c1Cl. The predicted molar refractivity (Wildman–Crippen MR) is 97.9 cm³/mol. The number of benzene rings is 1. The van der Waals surface area contributed by atoms with Crippen LogP contribution in [0.25, 0.3) is 11.3 Å². The van der Waals surface area contributed by atoms with E-state index in [2.05, 4.69) is 15.4 Å². The summed E-state index contributed by atoms with van der Waals surface area (Å²) in [5.74, 6) is -0.211. The lowest BCUT2D eigenvalue weighted by molar-refractivity contribution is -0.116. The van der Waals surface area contributed by atoms with Crippen LogP contribution in [0.2, 0.25) is 10.0 Å². The van der Waals surface area contributed by atoms with Crippen molar-refractivity contribution in [2.45, 2.75) is 20.4 Å². The van der Waals surface area contributed by atoms with Gasteiger partial charge in [-0.1, -0.05) is 41.4 Å². The summed E-state index contributed by atoms with van der Waals surface area (Å²) in [7, 11) is 0. The van der Waals surface area contributed by atoms with Gasteiger partial charge in [0.25, 0.3) is 0 Å². The second-order valence-electron chi connectivity index (χ2n) is 5.21. The lowest BCUT2D eigenvalue weighted by atomic mass is 10.2. The predicted octanol–water partition coefficient (Wildman–Crippen LogP) is 4.57. The van der Waals surface area contributed by atoms with E-state index in [4.69, 9.17) is 23.2 Å². The van der Waals surface area contributed by atoms with E-state index in [0.717, 1.165) is 17.0 Å². The van der Waals surface area contributed by atoms with Gasteiger partial charge < -0.3 is 5.32 Å². The molecule has 0 bridgehead atoms. The van der Waals surface area contributed by atoms with Crippen LogP contribution in [0.15, 0.2) is 29.6 Å². The molecule has 0 aliphatic heterocycles. The van der Waals surface area contributed by atoms with E-state index in [9.17, 15) is 4.79 Å². The second-order valence-corrected chi connectivity index (χ2v) is 6.85. The molecule has 0 saturated carbocycles. The van der Waals surface area contributed by atoms with E-state index in [-0.39, 0.29) is 12.5 Å². The van der Waals surface area contributed by atoms with Gasteiger partial charge in [0.15, 0.2) is 5.13 Å². The summed E-state index contributed by atoms with van der Waals surface area (Å²) in [4.78, 5) is 16.6. The molecular weight excluding hydrogens is 367 g/mol. The van der Waals surface area contributed by atoms with Crippen LogP contribution in [0.5, 0.6) is 0 Å². The maximum atomic E-state index is 12.2. The molecule has 5 nitrogen and oxygen atoms in total. The highest BCUT2D eigenvalue weighted by atomic mass is 35.5. The first-order valence-corrected chi connectivity index (χ1v) is 8.79. The van der Waals surface area contributed by atoms with Crippen LogP contribution < -0.4 is 5.32 Å². The topological polar surface area (TPSA) is 59.8 Å². The number of carbonyl (C=O) groups is 1. The van der Waals surface area contributed by atoms with Gasteiger partial charge in [-0.05, 0) is 19.9 Å². The lowest BCUT2D eigenvalue weighted by Gasteiger charge is -2.04. The van der Waals surface area contributed by atoms with Crippen LogP contribution in [0.3, 0.4) is 0 Å². The molecule has 0 spiro atoms. The first-order valence-electron chi connectivity index (χ1n) is 7.15. The Bertz CT molecular complexity index is 903. The number of anilines is 1. The van der Waals surface area contributed by atoms with Crippen LogP contribution in [0.1, 0.15) is 11.4 Å². The Kier molecular flexibility index (Phi) is 4.89. The Morgan fingerprint density at radius 1 is 1.29 bits per heavy atom. The number of carbonyl (C=O) groups excluding carboxylic acids is 1. The molecule has 3 rings (SSSR count). The number of hydrogen-bond acceptors (Lipinski definition) is 4. The van der Waals surface area contributed by atoms with Crippen molar-refractivity contribution in [1.82, 2.24) is 14.8 Å². The molecule has 0 saturated heterocycles. The maximum Gasteiger partial charge on any atom is 0.247 e. The Labute approximate surface area is 153 Å². The molecule has 1 aromatic carbocycles. The number of thiazole rings is 1. The quantitative estimate of drug-likeness (QED) is 0.720. The third-order valence-electron chi connectivity index (χ3n) is 3.49. The highest BCUT2D eigenvalue weighted by Crippen LogP contribution is 2.30. The molecule has 0 aliphatic rings. The molecule has 1 amide bonds. The van der Waals surface area contributed by atoms with Gasteiger partial charge in [-0.25, -0.2) is 4.98 Å². The van der Waals surface area contributed by atoms with Crippen LogP contribution in [0, 0.1) is 13.8 Å². The van der Waals surface area contributed by atoms with Gasteiger partial charge in [-0.15, -0.1) is 11.3 Å². The molecule has 124 valence electrons. The van der Waals surface area contributed by atoms with Crippen molar-refractivity contribution in [2.75, 3.05) is 5.32 Å². The molecule has 8 heteroatoms. The first-order chi connectivity index (χ1) is 11.5. The zero-order chi connectivity index (χ0) is 17.3. The Hall–Kier alpha value is -1.89. The number of rotatable bonds is 4. The van der Waals surface area contributed by atoms with Crippen molar-refractivity contribution in [2.24, 2.45) is 0 Å². The van der Waals surface area contributed by atoms with Gasteiger partial charge in [0.2, 0.25) is 5.91 Å². The van der Waals surface area contributed by atoms with Crippen LogP contribution in [-0.2, 0) is 11.3 Å². The van der Waals surface area contributed by atoms with E-state index < -0.39 is 0 Å². The summed E-state index contributed by atoms with van der Waals surface area (Å²) in [6.45, 7) is 3.72. The third-order valence-corrected chi connectivity index (χ3v) is 5.12. The van der Waals surface area contributed by atoms with Crippen molar-refractivity contribution in [3.63, 3.8) is 0 Å². The van der Waals surface area contributed by atoms with Gasteiger partial charge in [-0.3, -0.25) is 9.48 Å². The summed E-state index contributed by atoms with van der Waals surface area (Å²) in [5, 5.41) is 10.6. The van der Waals surface area contributed by atoms with Crippen LogP contribution in [-0.4, -0.2) is 20.7 Å². The summed E-state index contributed by atoms with van der Waals surface area (Å²) in [6.07, 6.45) is 0. The average Bonchev–Trinajstić information content (AvgIpc) is 3.09. The van der Waals surface area contributed by atoms with Crippen molar-refractivity contribution >= 4 is 45.6 Å². The fourth-order valence-corrected chi connectivity index (χ4v) is 3.34. The molecule has 0 unspecified atom stereocenters. The molecule has 0 fully saturated rings. The standard InChI is InChI=1S/C16H14Cl2N4OS/c1-9-15(18)10(2)22(21-9)7-14(23)20-16-19-13(8-24-16)11-5-3-4-6-12(11)17/h3-6,8H,7H2,1-2H3,(H,19,20,23). The molecule has 0 radical (unpaired) electrons. The Morgan fingerprint density at radius 2 is 2.04 bits per heavy atom. The summed E-state index contributed by atoms with van der Waals surface area (Å²) in [5.41, 5.74) is 3.04.